The average molecular weight is 273 g/mol. The van der Waals surface area contributed by atoms with E-state index in [1.807, 2.05) is 0 Å². The van der Waals surface area contributed by atoms with Crippen molar-refractivity contribution < 1.29 is 5.11 Å². The highest BCUT2D eigenvalue weighted by Gasteiger charge is 2.29. The van der Waals surface area contributed by atoms with Gasteiger partial charge in [0.1, 0.15) is 11.5 Å². The molecule has 5 nitrogen and oxygen atoms in total. The first-order valence-corrected chi connectivity index (χ1v) is 7.89. The van der Waals surface area contributed by atoms with Gasteiger partial charge in [-0.05, 0) is 12.8 Å². The molecule has 1 rings (SSSR count). The van der Waals surface area contributed by atoms with Crippen LogP contribution in [0.4, 0.5) is 0 Å². The molecule has 1 aromatic heterocycles. The number of aromatic hydroxyl groups is 1. The van der Waals surface area contributed by atoms with Gasteiger partial charge in [0, 0.05) is 10.9 Å². The van der Waals surface area contributed by atoms with Crippen LogP contribution in [0, 0.1) is 0 Å². The highest BCUT2D eigenvalue weighted by molar-refractivity contribution is 7.97. The summed E-state index contributed by atoms with van der Waals surface area (Å²) in [6.45, 7) is 4.19. The zero-order chi connectivity index (χ0) is 13.5. The van der Waals surface area contributed by atoms with Crippen LogP contribution in [0.2, 0.25) is 0 Å². The second-order valence-electron chi connectivity index (χ2n) is 4.19. The molecule has 0 bridgehead atoms. The van der Waals surface area contributed by atoms with Crippen molar-refractivity contribution in [3.8, 4) is 5.88 Å². The fraction of sp³-hybridized carbons (Fsp3) is 0.667. The number of hydrogen-bond acceptors (Lipinski definition) is 3. The second kappa shape index (κ2) is 7.31. The van der Waals surface area contributed by atoms with Crippen molar-refractivity contribution in [2.45, 2.75) is 44.4 Å². The predicted octanol–water partition coefficient (Wildman–Crippen LogP) is 1.35. The highest BCUT2D eigenvalue weighted by atomic mass is 32.2. The lowest BCUT2D eigenvalue weighted by Gasteiger charge is -2.07. The van der Waals surface area contributed by atoms with Crippen LogP contribution in [0.5, 0.6) is 5.88 Å². The van der Waals surface area contributed by atoms with Crippen molar-refractivity contribution >= 4 is 10.9 Å². The Morgan fingerprint density at radius 3 is 2.06 bits per heavy atom. The van der Waals surface area contributed by atoms with E-state index in [1.54, 1.807) is 0 Å². The third-order valence-corrected chi connectivity index (χ3v) is 5.18. The lowest BCUT2D eigenvalue weighted by atomic mass is 10.4. The number of unbranched alkanes of at least 4 members (excludes halogenated alkanes) is 2. The molecule has 0 saturated heterocycles. The van der Waals surface area contributed by atoms with E-state index in [1.165, 1.54) is 0 Å². The van der Waals surface area contributed by atoms with Crippen LogP contribution in [0.25, 0.3) is 0 Å². The van der Waals surface area contributed by atoms with Gasteiger partial charge in [0.05, 0.1) is 0 Å². The molecule has 0 aliphatic rings. The van der Waals surface area contributed by atoms with E-state index in [4.69, 9.17) is 0 Å². The standard InChI is InChI=1S/C12H20N2O3S/c1-3-5-7-18(8-6-4-2)9-10(15)13-12(17)14-11(9)16/h3-8H2,1-2H3,(H2-,13,14,15,16,17)/p+1. The number of rotatable bonds is 7. The fourth-order valence-electron chi connectivity index (χ4n) is 1.67. The van der Waals surface area contributed by atoms with Gasteiger partial charge in [-0.1, -0.05) is 26.7 Å². The summed E-state index contributed by atoms with van der Waals surface area (Å²) < 4.78 is 0. The van der Waals surface area contributed by atoms with Crippen molar-refractivity contribution in [2.75, 3.05) is 11.5 Å². The molecular weight excluding hydrogens is 252 g/mol. The third-order valence-electron chi connectivity index (χ3n) is 2.66. The Morgan fingerprint density at radius 2 is 1.61 bits per heavy atom. The van der Waals surface area contributed by atoms with Crippen molar-refractivity contribution in [1.82, 2.24) is 9.97 Å². The van der Waals surface area contributed by atoms with Gasteiger partial charge >= 0.3 is 11.2 Å². The average Bonchev–Trinajstić information content (AvgIpc) is 2.30. The Labute approximate surface area is 109 Å². The van der Waals surface area contributed by atoms with Gasteiger partial charge < -0.3 is 5.11 Å². The molecule has 0 aliphatic heterocycles. The Kier molecular flexibility index (Phi) is 6.04. The molecule has 0 aliphatic carbocycles. The first-order valence-electron chi connectivity index (χ1n) is 6.33. The molecular formula is C12H21N2O3S+. The highest BCUT2D eigenvalue weighted by Crippen LogP contribution is 2.20. The van der Waals surface area contributed by atoms with Crippen molar-refractivity contribution in [1.29, 1.82) is 0 Å². The topological polar surface area (TPSA) is 85.9 Å². The molecule has 1 aromatic rings. The minimum Gasteiger partial charge on any atom is -0.491 e. The van der Waals surface area contributed by atoms with E-state index in [9.17, 15) is 14.7 Å². The summed E-state index contributed by atoms with van der Waals surface area (Å²) in [5.74, 6) is 1.51. The molecule has 0 saturated carbocycles. The summed E-state index contributed by atoms with van der Waals surface area (Å²) >= 11 is 0. The van der Waals surface area contributed by atoms with E-state index in [2.05, 4.69) is 23.8 Å². The largest absolute Gasteiger partial charge is 0.491 e. The molecule has 0 fully saturated rings. The molecule has 0 spiro atoms. The van der Waals surface area contributed by atoms with Gasteiger partial charge in [-0.3, -0.25) is 14.8 Å². The summed E-state index contributed by atoms with van der Waals surface area (Å²) in [5.41, 5.74) is -1.11. The predicted molar refractivity (Wildman–Crippen MR) is 74.5 cm³/mol. The first kappa shape index (κ1) is 14.9. The normalized spacial score (nSPS) is 11.1. The third kappa shape index (κ3) is 3.94. The van der Waals surface area contributed by atoms with Gasteiger partial charge in [0.25, 0.3) is 10.8 Å². The SMILES string of the molecule is CCCC[S+](CCCC)c1c(O)[nH]c(=O)[nH]c1=O. The lowest BCUT2D eigenvalue weighted by Crippen LogP contribution is -2.29. The monoisotopic (exact) mass is 273 g/mol. The van der Waals surface area contributed by atoms with Crippen molar-refractivity contribution in [3.05, 3.63) is 20.8 Å². The quantitative estimate of drug-likeness (QED) is 0.655. The first-order chi connectivity index (χ1) is 8.60. The van der Waals surface area contributed by atoms with Crippen LogP contribution < -0.4 is 11.2 Å². The van der Waals surface area contributed by atoms with Gasteiger partial charge in [-0.2, -0.15) is 0 Å². The van der Waals surface area contributed by atoms with Crippen LogP contribution in [0.1, 0.15) is 39.5 Å². The molecule has 0 amide bonds. The maximum absolute atomic E-state index is 11.8. The Bertz CT molecular complexity index is 473. The molecule has 3 N–H and O–H groups in total. The van der Waals surface area contributed by atoms with Crippen LogP contribution in [-0.2, 0) is 10.9 Å². The van der Waals surface area contributed by atoms with Crippen molar-refractivity contribution in [3.63, 3.8) is 0 Å². The maximum atomic E-state index is 11.8. The van der Waals surface area contributed by atoms with E-state index >= 15 is 0 Å². The molecule has 0 aromatic carbocycles. The summed E-state index contributed by atoms with van der Waals surface area (Å²) in [6, 6.07) is 0. The van der Waals surface area contributed by atoms with Gasteiger partial charge in [-0.15, -0.1) is 0 Å². The number of nitrogens with one attached hydrogen (secondary N) is 2. The molecule has 6 heteroatoms. The molecule has 18 heavy (non-hydrogen) atoms. The fourth-order valence-corrected chi connectivity index (χ4v) is 4.20. The van der Waals surface area contributed by atoms with E-state index in [0.29, 0.717) is 4.90 Å². The Morgan fingerprint density at radius 1 is 1.06 bits per heavy atom. The lowest BCUT2D eigenvalue weighted by molar-refractivity contribution is 0.432. The van der Waals surface area contributed by atoms with Crippen LogP contribution in [0.15, 0.2) is 14.5 Å². The van der Waals surface area contributed by atoms with Gasteiger partial charge in [-0.25, -0.2) is 4.79 Å². The molecule has 0 atom stereocenters. The van der Waals surface area contributed by atoms with Crippen LogP contribution >= 0.6 is 0 Å². The number of aromatic amines is 2. The zero-order valence-corrected chi connectivity index (χ0v) is 11.7. The summed E-state index contributed by atoms with van der Waals surface area (Å²) in [5, 5.41) is 9.77. The molecule has 0 unspecified atom stereocenters. The van der Waals surface area contributed by atoms with Crippen LogP contribution in [0.3, 0.4) is 0 Å². The second-order valence-corrected chi connectivity index (χ2v) is 6.40. The van der Waals surface area contributed by atoms with Crippen LogP contribution in [-0.4, -0.2) is 26.6 Å². The van der Waals surface area contributed by atoms with Gasteiger partial charge in [0.2, 0.25) is 0 Å². The molecule has 102 valence electrons. The van der Waals surface area contributed by atoms with E-state index in [0.717, 1.165) is 37.2 Å². The molecule has 0 radical (unpaired) electrons. The number of aromatic nitrogens is 2. The Hall–Kier alpha value is -1.17. The summed E-state index contributed by atoms with van der Waals surface area (Å²) in [7, 11) is -0.283. The zero-order valence-electron chi connectivity index (χ0n) is 10.9. The summed E-state index contributed by atoms with van der Waals surface area (Å²) in [6.07, 6.45) is 4.14. The number of hydrogen-bond donors (Lipinski definition) is 3. The van der Waals surface area contributed by atoms with Gasteiger partial charge in [0.15, 0.2) is 0 Å². The van der Waals surface area contributed by atoms with E-state index < -0.39 is 11.2 Å². The molecule has 1 heterocycles. The van der Waals surface area contributed by atoms with E-state index in [-0.39, 0.29) is 16.8 Å². The number of H-pyrrole nitrogens is 2. The minimum atomic E-state index is -0.657. The minimum absolute atomic E-state index is 0.265. The Balaban J connectivity index is 3.03. The summed E-state index contributed by atoms with van der Waals surface area (Å²) in [4.78, 5) is 27.7. The maximum Gasteiger partial charge on any atom is 0.328 e. The smallest absolute Gasteiger partial charge is 0.328 e. The van der Waals surface area contributed by atoms with Crippen molar-refractivity contribution in [2.24, 2.45) is 0 Å².